The maximum Gasteiger partial charge on any atom is 0.0121 e. The van der Waals surface area contributed by atoms with Gasteiger partial charge in [0.1, 0.15) is 0 Å². The number of hydrogen-bond acceptors (Lipinski definition) is 1. The third kappa shape index (κ3) is 2.48. The Hall–Kier alpha value is -0.0400. The Bertz CT molecular complexity index is 104. The fraction of sp³-hybridized carbons (Fsp3) is 1.00. The smallest absolute Gasteiger partial charge is 0.0121 e. The second-order valence-corrected chi connectivity index (χ2v) is 4.29. The van der Waals surface area contributed by atoms with Crippen molar-refractivity contribution in [2.24, 2.45) is 5.92 Å². The van der Waals surface area contributed by atoms with Crippen LogP contribution in [0, 0.1) is 5.92 Å². The number of nitrogens with zero attached hydrogens (tertiary/aromatic N) is 1. The lowest BCUT2D eigenvalue weighted by atomic mass is 10.0. The molecule has 1 atom stereocenters. The van der Waals surface area contributed by atoms with E-state index in [4.69, 9.17) is 0 Å². The summed E-state index contributed by atoms with van der Waals surface area (Å²) in [6.45, 7) is 10.6. The van der Waals surface area contributed by atoms with E-state index in [0.717, 1.165) is 18.0 Å². The fourth-order valence-electron chi connectivity index (χ4n) is 2.17. The third-order valence-corrected chi connectivity index (χ3v) is 2.78. The molecule has 0 N–H and O–H groups in total. The fourth-order valence-corrected chi connectivity index (χ4v) is 2.17. The van der Waals surface area contributed by atoms with Crippen molar-refractivity contribution in [2.75, 3.05) is 6.54 Å². The molecule has 1 rings (SSSR count). The summed E-state index contributed by atoms with van der Waals surface area (Å²) in [5.74, 6) is 0.833. The van der Waals surface area contributed by atoms with Gasteiger partial charge in [-0.1, -0.05) is 21.3 Å². The van der Waals surface area contributed by atoms with Crippen LogP contribution in [0.25, 0.3) is 0 Å². The molecule has 0 aliphatic carbocycles. The summed E-state index contributed by atoms with van der Waals surface area (Å²) in [6, 6.07) is 1.60. The molecule has 0 aromatic carbocycles. The number of hydrogen-bond donors (Lipinski definition) is 0. The summed E-state index contributed by atoms with van der Waals surface area (Å²) in [5, 5.41) is 0. The molecule has 74 valence electrons. The minimum atomic E-state index is 0. The van der Waals surface area contributed by atoms with Gasteiger partial charge in [-0.2, -0.15) is 0 Å². The Kier molecular flexibility index (Phi) is 4.84. The molecular formula is C11H25N. The van der Waals surface area contributed by atoms with Crippen molar-refractivity contribution in [3.05, 3.63) is 0 Å². The van der Waals surface area contributed by atoms with Gasteiger partial charge in [0.2, 0.25) is 0 Å². The van der Waals surface area contributed by atoms with Crippen LogP contribution in [0.4, 0.5) is 0 Å². The maximum absolute atomic E-state index is 2.64. The first kappa shape index (κ1) is 12.0. The van der Waals surface area contributed by atoms with Crippen molar-refractivity contribution in [2.45, 2.75) is 60.0 Å². The van der Waals surface area contributed by atoms with Crippen LogP contribution in [-0.4, -0.2) is 23.5 Å². The topological polar surface area (TPSA) is 3.24 Å². The zero-order chi connectivity index (χ0) is 8.43. The number of likely N-dealkylation sites (tertiary alicyclic amines) is 1. The van der Waals surface area contributed by atoms with Gasteiger partial charge in [-0.25, -0.2) is 0 Å². The average Bonchev–Trinajstić information content (AvgIpc) is 2.32. The lowest BCUT2D eigenvalue weighted by molar-refractivity contribution is 0.166. The lowest BCUT2D eigenvalue weighted by Gasteiger charge is -2.30. The molecular weight excluding hydrogens is 146 g/mol. The Labute approximate surface area is 78.1 Å². The first-order valence-corrected chi connectivity index (χ1v) is 4.88. The molecule has 0 bridgehead atoms. The zero-order valence-corrected chi connectivity index (χ0v) is 8.30. The largest absolute Gasteiger partial charge is 0.298 e. The minimum absolute atomic E-state index is 0. The molecule has 1 heterocycles. The molecule has 0 amide bonds. The van der Waals surface area contributed by atoms with Crippen LogP contribution in [0.5, 0.6) is 0 Å². The summed E-state index contributed by atoms with van der Waals surface area (Å²) in [4.78, 5) is 2.64. The van der Waals surface area contributed by atoms with Crippen LogP contribution in [0.3, 0.4) is 0 Å². The molecule has 0 radical (unpaired) electrons. The highest BCUT2D eigenvalue weighted by molar-refractivity contribution is 4.83. The highest BCUT2D eigenvalue weighted by atomic mass is 15.2. The van der Waals surface area contributed by atoms with Gasteiger partial charge in [-0.15, -0.1) is 0 Å². The minimum Gasteiger partial charge on any atom is -0.298 e. The zero-order valence-electron chi connectivity index (χ0n) is 8.30. The van der Waals surface area contributed by atoms with E-state index in [1.807, 2.05) is 0 Å². The predicted molar refractivity (Wildman–Crippen MR) is 56.4 cm³/mol. The van der Waals surface area contributed by atoms with Crippen LogP contribution in [0.15, 0.2) is 0 Å². The molecule has 1 aliphatic heterocycles. The first-order chi connectivity index (χ1) is 5.13. The van der Waals surface area contributed by atoms with Crippen molar-refractivity contribution in [1.29, 1.82) is 0 Å². The standard InChI is InChI=1S/C10H21N.CH4/c1-8(2)10-6-5-7-11(10)9(3)4;/h8-10H,5-7H2,1-4H3;1H4/t10-;/m0./s1. The van der Waals surface area contributed by atoms with Gasteiger partial charge in [0.15, 0.2) is 0 Å². The molecule has 0 unspecified atom stereocenters. The monoisotopic (exact) mass is 171 g/mol. The van der Waals surface area contributed by atoms with E-state index in [2.05, 4.69) is 32.6 Å². The highest BCUT2D eigenvalue weighted by Crippen LogP contribution is 2.25. The molecule has 0 aromatic rings. The van der Waals surface area contributed by atoms with Crippen LogP contribution in [0.2, 0.25) is 0 Å². The number of rotatable bonds is 2. The SMILES string of the molecule is C.CC(C)[C@@H]1CCCN1C(C)C. The van der Waals surface area contributed by atoms with Crippen molar-refractivity contribution in [3.63, 3.8) is 0 Å². The third-order valence-electron chi connectivity index (χ3n) is 2.78. The van der Waals surface area contributed by atoms with Crippen LogP contribution in [-0.2, 0) is 0 Å². The summed E-state index contributed by atoms with van der Waals surface area (Å²) < 4.78 is 0. The summed E-state index contributed by atoms with van der Waals surface area (Å²) >= 11 is 0. The highest BCUT2D eigenvalue weighted by Gasteiger charge is 2.28. The van der Waals surface area contributed by atoms with E-state index < -0.39 is 0 Å². The second kappa shape index (κ2) is 4.86. The van der Waals surface area contributed by atoms with Gasteiger partial charge in [0.25, 0.3) is 0 Å². The predicted octanol–water partition coefficient (Wildman–Crippen LogP) is 3.15. The van der Waals surface area contributed by atoms with E-state index >= 15 is 0 Å². The molecule has 0 saturated carbocycles. The van der Waals surface area contributed by atoms with Gasteiger partial charge in [-0.05, 0) is 39.2 Å². The summed E-state index contributed by atoms with van der Waals surface area (Å²) in [7, 11) is 0. The van der Waals surface area contributed by atoms with E-state index in [1.54, 1.807) is 0 Å². The van der Waals surface area contributed by atoms with Crippen LogP contribution in [0.1, 0.15) is 48.0 Å². The van der Waals surface area contributed by atoms with E-state index in [9.17, 15) is 0 Å². The summed E-state index contributed by atoms with van der Waals surface area (Å²) in [6.07, 6.45) is 2.82. The van der Waals surface area contributed by atoms with Crippen molar-refractivity contribution < 1.29 is 0 Å². The Morgan fingerprint density at radius 1 is 1.17 bits per heavy atom. The van der Waals surface area contributed by atoms with Gasteiger partial charge in [-0.3, -0.25) is 4.90 Å². The molecule has 1 heteroatoms. The van der Waals surface area contributed by atoms with E-state index in [1.165, 1.54) is 19.4 Å². The molecule has 0 spiro atoms. The Morgan fingerprint density at radius 3 is 2.08 bits per heavy atom. The normalized spacial score (nSPS) is 25.0. The van der Waals surface area contributed by atoms with Crippen molar-refractivity contribution >= 4 is 0 Å². The second-order valence-electron chi connectivity index (χ2n) is 4.29. The molecule has 12 heavy (non-hydrogen) atoms. The van der Waals surface area contributed by atoms with E-state index in [-0.39, 0.29) is 7.43 Å². The average molecular weight is 171 g/mol. The maximum atomic E-state index is 2.64. The van der Waals surface area contributed by atoms with Gasteiger partial charge < -0.3 is 0 Å². The lowest BCUT2D eigenvalue weighted by Crippen LogP contribution is -2.38. The van der Waals surface area contributed by atoms with E-state index in [0.29, 0.717) is 0 Å². The molecule has 1 saturated heterocycles. The first-order valence-electron chi connectivity index (χ1n) is 4.88. The van der Waals surface area contributed by atoms with Crippen molar-refractivity contribution in [3.8, 4) is 0 Å². The molecule has 1 nitrogen and oxygen atoms in total. The quantitative estimate of drug-likeness (QED) is 0.617. The molecule has 1 aliphatic rings. The summed E-state index contributed by atoms with van der Waals surface area (Å²) in [5.41, 5.74) is 0. The van der Waals surface area contributed by atoms with Gasteiger partial charge >= 0.3 is 0 Å². The van der Waals surface area contributed by atoms with Gasteiger partial charge in [0, 0.05) is 12.1 Å². The van der Waals surface area contributed by atoms with Crippen molar-refractivity contribution in [1.82, 2.24) is 4.90 Å². The Morgan fingerprint density at radius 2 is 1.75 bits per heavy atom. The molecule has 1 fully saturated rings. The van der Waals surface area contributed by atoms with Crippen LogP contribution < -0.4 is 0 Å². The Balaban J connectivity index is 0.00000121. The van der Waals surface area contributed by atoms with Crippen LogP contribution >= 0.6 is 0 Å². The molecule has 0 aromatic heterocycles. The van der Waals surface area contributed by atoms with Gasteiger partial charge in [0.05, 0.1) is 0 Å².